The minimum Gasteiger partial charge on any atom is -0.383 e. The average Bonchev–Trinajstić information content (AvgIpc) is 3.04. The zero-order chi connectivity index (χ0) is 17.2. The average molecular weight is 330 g/mol. The van der Waals surface area contributed by atoms with Gasteiger partial charge in [0.25, 0.3) is 0 Å². The van der Waals surface area contributed by atoms with Crippen LogP contribution in [0.3, 0.4) is 0 Å². The van der Waals surface area contributed by atoms with E-state index in [2.05, 4.69) is 4.98 Å². The Hall–Kier alpha value is -2.98. The van der Waals surface area contributed by atoms with Crippen LogP contribution >= 0.6 is 0 Å². The van der Waals surface area contributed by atoms with Crippen LogP contribution in [0.2, 0.25) is 0 Å². The SMILES string of the molecule is COCCn1cc(C(=O)c2cccc3ccccc23)c2cccnc21. The number of methoxy groups -OCH3 is 1. The van der Waals surface area contributed by atoms with Crippen molar-refractivity contribution in [2.75, 3.05) is 13.7 Å². The fourth-order valence-electron chi connectivity index (χ4n) is 3.23. The van der Waals surface area contributed by atoms with Crippen molar-refractivity contribution >= 4 is 27.6 Å². The van der Waals surface area contributed by atoms with Gasteiger partial charge in [-0.2, -0.15) is 0 Å². The van der Waals surface area contributed by atoms with Gasteiger partial charge >= 0.3 is 0 Å². The number of ether oxygens (including phenoxy) is 1. The topological polar surface area (TPSA) is 44.1 Å². The number of carbonyl (C=O) groups excluding carboxylic acids is 1. The molecule has 0 N–H and O–H groups in total. The summed E-state index contributed by atoms with van der Waals surface area (Å²) in [4.78, 5) is 17.7. The van der Waals surface area contributed by atoms with Gasteiger partial charge in [0.05, 0.1) is 6.61 Å². The van der Waals surface area contributed by atoms with E-state index in [1.54, 1.807) is 13.3 Å². The third-order valence-corrected chi connectivity index (χ3v) is 4.45. The van der Waals surface area contributed by atoms with Gasteiger partial charge in [-0.1, -0.05) is 42.5 Å². The molecule has 0 amide bonds. The summed E-state index contributed by atoms with van der Waals surface area (Å²) in [5, 5.41) is 2.91. The molecule has 0 aliphatic heterocycles. The number of fused-ring (bicyclic) bond motifs is 2. The number of pyridine rings is 1. The lowest BCUT2D eigenvalue weighted by molar-refractivity contribution is 0.104. The molecule has 0 spiro atoms. The monoisotopic (exact) mass is 330 g/mol. The first-order valence-corrected chi connectivity index (χ1v) is 8.25. The van der Waals surface area contributed by atoms with Crippen molar-refractivity contribution in [1.29, 1.82) is 0 Å². The number of nitrogens with zero attached hydrogens (tertiary/aromatic N) is 2. The second-order valence-corrected chi connectivity index (χ2v) is 5.96. The van der Waals surface area contributed by atoms with Crippen LogP contribution in [0.15, 0.2) is 67.0 Å². The van der Waals surface area contributed by atoms with Crippen LogP contribution in [0.25, 0.3) is 21.8 Å². The predicted molar refractivity (Wildman–Crippen MR) is 99.0 cm³/mol. The molecule has 4 rings (SSSR count). The van der Waals surface area contributed by atoms with E-state index in [0.29, 0.717) is 24.3 Å². The molecule has 0 aliphatic rings. The Morgan fingerprint density at radius 2 is 1.80 bits per heavy atom. The van der Waals surface area contributed by atoms with Crippen LogP contribution in [0.1, 0.15) is 15.9 Å². The lowest BCUT2D eigenvalue weighted by Gasteiger charge is -2.05. The first kappa shape index (κ1) is 15.5. The van der Waals surface area contributed by atoms with Gasteiger partial charge in [0.1, 0.15) is 5.65 Å². The molecule has 124 valence electrons. The van der Waals surface area contributed by atoms with Crippen LogP contribution in [-0.4, -0.2) is 29.1 Å². The van der Waals surface area contributed by atoms with Gasteiger partial charge in [-0.05, 0) is 22.9 Å². The van der Waals surface area contributed by atoms with E-state index in [4.69, 9.17) is 4.74 Å². The highest BCUT2D eigenvalue weighted by Crippen LogP contribution is 2.26. The Morgan fingerprint density at radius 1 is 1.00 bits per heavy atom. The van der Waals surface area contributed by atoms with E-state index in [-0.39, 0.29) is 5.78 Å². The first-order valence-electron chi connectivity index (χ1n) is 8.25. The molecule has 0 atom stereocenters. The van der Waals surface area contributed by atoms with Crippen LogP contribution < -0.4 is 0 Å². The van der Waals surface area contributed by atoms with Gasteiger partial charge in [-0.15, -0.1) is 0 Å². The molecule has 0 radical (unpaired) electrons. The van der Waals surface area contributed by atoms with E-state index < -0.39 is 0 Å². The molecular formula is C21H18N2O2. The Kier molecular flexibility index (Phi) is 4.04. The highest BCUT2D eigenvalue weighted by molar-refractivity contribution is 6.21. The zero-order valence-corrected chi connectivity index (χ0v) is 14.0. The van der Waals surface area contributed by atoms with Gasteiger partial charge in [0.2, 0.25) is 0 Å². The van der Waals surface area contributed by atoms with Crippen molar-refractivity contribution in [3.63, 3.8) is 0 Å². The highest BCUT2D eigenvalue weighted by atomic mass is 16.5. The molecule has 0 bridgehead atoms. The van der Waals surface area contributed by atoms with Gasteiger partial charge in [0.15, 0.2) is 5.78 Å². The number of ketones is 1. The largest absolute Gasteiger partial charge is 0.383 e. The normalized spacial score (nSPS) is 11.2. The fraction of sp³-hybridized carbons (Fsp3) is 0.143. The van der Waals surface area contributed by atoms with Crippen molar-refractivity contribution < 1.29 is 9.53 Å². The fourth-order valence-corrected chi connectivity index (χ4v) is 3.23. The summed E-state index contributed by atoms with van der Waals surface area (Å²) < 4.78 is 7.16. The van der Waals surface area contributed by atoms with Crippen molar-refractivity contribution in [2.24, 2.45) is 0 Å². The number of rotatable bonds is 5. The summed E-state index contributed by atoms with van der Waals surface area (Å²) >= 11 is 0. The summed E-state index contributed by atoms with van der Waals surface area (Å²) in [5.74, 6) is 0.0194. The van der Waals surface area contributed by atoms with E-state index in [0.717, 1.165) is 21.8 Å². The number of carbonyl (C=O) groups is 1. The van der Waals surface area contributed by atoms with E-state index >= 15 is 0 Å². The Labute approximate surface area is 145 Å². The minimum absolute atomic E-state index is 0.0194. The molecule has 0 fully saturated rings. The molecule has 2 heterocycles. The van der Waals surface area contributed by atoms with Gasteiger partial charge in [0, 0.05) is 42.6 Å². The highest BCUT2D eigenvalue weighted by Gasteiger charge is 2.18. The van der Waals surface area contributed by atoms with Gasteiger partial charge < -0.3 is 9.30 Å². The van der Waals surface area contributed by atoms with Gasteiger partial charge in [-0.25, -0.2) is 4.98 Å². The molecule has 0 saturated carbocycles. The molecule has 0 saturated heterocycles. The standard InChI is InChI=1S/C21H18N2O2/c1-25-13-12-23-14-19(18-10-5-11-22-21(18)23)20(24)17-9-4-7-15-6-2-3-8-16(15)17/h2-11,14H,12-13H2,1H3. The maximum Gasteiger partial charge on any atom is 0.195 e. The summed E-state index contributed by atoms with van der Waals surface area (Å²) in [7, 11) is 1.67. The lowest BCUT2D eigenvalue weighted by atomic mass is 9.97. The molecular weight excluding hydrogens is 312 g/mol. The van der Waals surface area contributed by atoms with Crippen LogP contribution in [0, 0.1) is 0 Å². The molecule has 4 aromatic rings. The lowest BCUT2D eigenvalue weighted by Crippen LogP contribution is -2.04. The number of hydrogen-bond donors (Lipinski definition) is 0. The Balaban J connectivity index is 1.87. The second-order valence-electron chi connectivity index (χ2n) is 5.96. The Morgan fingerprint density at radius 3 is 2.68 bits per heavy atom. The minimum atomic E-state index is 0.0194. The number of benzene rings is 2. The third-order valence-electron chi connectivity index (χ3n) is 4.45. The summed E-state index contributed by atoms with van der Waals surface area (Å²) in [6.45, 7) is 1.23. The van der Waals surface area contributed by atoms with Gasteiger partial charge in [-0.3, -0.25) is 4.79 Å². The summed E-state index contributed by atoms with van der Waals surface area (Å²) in [6.07, 6.45) is 3.64. The molecule has 0 unspecified atom stereocenters. The molecule has 25 heavy (non-hydrogen) atoms. The van der Waals surface area contributed by atoms with Crippen LogP contribution in [-0.2, 0) is 11.3 Å². The smallest absolute Gasteiger partial charge is 0.195 e. The predicted octanol–water partition coefficient (Wildman–Crippen LogP) is 4.07. The number of hydrogen-bond acceptors (Lipinski definition) is 3. The maximum absolute atomic E-state index is 13.3. The van der Waals surface area contributed by atoms with E-state index in [1.165, 1.54) is 0 Å². The Bertz CT molecular complexity index is 1060. The van der Waals surface area contributed by atoms with Crippen molar-refractivity contribution in [3.8, 4) is 0 Å². The van der Waals surface area contributed by atoms with Crippen molar-refractivity contribution in [2.45, 2.75) is 6.54 Å². The summed E-state index contributed by atoms with van der Waals surface area (Å²) in [5.41, 5.74) is 2.20. The van der Waals surface area contributed by atoms with E-state index in [9.17, 15) is 4.79 Å². The second kappa shape index (κ2) is 6.49. The maximum atomic E-state index is 13.3. The van der Waals surface area contributed by atoms with Crippen LogP contribution in [0.4, 0.5) is 0 Å². The molecule has 2 aromatic heterocycles. The summed E-state index contributed by atoms with van der Waals surface area (Å²) in [6, 6.07) is 17.6. The third kappa shape index (κ3) is 2.71. The van der Waals surface area contributed by atoms with Crippen molar-refractivity contribution in [1.82, 2.24) is 9.55 Å². The zero-order valence-electron chi connectivity index (χ0n) is 14.0. The molecule has 4 heteroatoms. The number of aromatic nitrogens is 2. The molecule has 0 aliphatic carbocycles. The van der Waals surface area contributed by atoms with E-state index in [1.807, 2.05) is 65.4 Å². The van der Waals surface area contributed by atoms with Crippen molar-refractivity contribution in [3.05, 3.63) is 78.1 Å². The quantitative estimate of drug-likeness (QED) is 0.518. The van der Waals surface area contributed by atoms with Crippen LogP contribution in [0.5, 0.6) is 0 Å². The molecule has 2 aromatic carbocycles. The molecule has 4 nitrogen and oxygen atoms in total. The first-order chi connectivity index (χ1) is 12.3.